The molecule has 0 aromatic heterocycles. The van der Waals surface area contributed by atoms with Gasteiger partial charge in [-0.3, -0.25) is 14.5 Å². The van der Waals surface area contributed by atoms with Crippen LogP contribution in [-0.2, 0) is 19.1 Å². The summed E-state index contributed by atoms with van der Waals surface area (Å²) in [5.74, 6) is -0.612. The van der Waals surface area contributed by atoms with Gasteiger partial charge in [0, 0.05) is 45.7 Å². The van der Waals surface area contributed by atoms with Crippen LogP contribution in [0.4, 0.5) is 4.79 Å². The average Bonchev–Trinajstić information content (AvgIpc) is 2.94. The normalized spacial score (nSPS) is 21.8. The molecular formula is C18H31N3O5. The Balaban J connectivity index is 1.65. The molecule has 0 saturated carbocycles. The standard InChI is InChI=1S/C18H31N3O5/c1-18(2,3)26-17(24)20-10-8-19(9-11-20)6-5-7-21-13-14(12-15(21)22)16(23)25-4/h14H,5-13H2,1-4H3. The van der Waals surface area contributed by atoms with E-state index in [9.17, 15) is 14.4 Å². The molecule has 0 N–H and O–H groups in total. The number of nitrogens with zero attached hydrogens (tertiary/aromatic N) is 3. The van der Waals surface area contributed by atoms with Crippen molar-refractivity contribution in [1.29, 1.82) is 0 Å². The van der Waals surface area contributed by atoms with Gasteiger partial charge in [-0.25, -0.2) is 4.79 Å². The van der Waals surface area contributed by atoms with Crippen LogP contribution < -0.4 is 0 Å². The molecule has 2 saturated heterocycles. The zero-order chi connectivity index (χ0) is 19.3. The number of ether oxygens (including phenoxy) is 2. The molecule has 0 spiro atoms. The monoisotopic (exact) mass is 369 g/mol. The van der Waals surface area contributed by atoms with E-state index in [-0.39, 0.29) is 30.3 Å². The summed E-state index contributed by atoms with van der Waals surface area (Å²) in [5, 5.41) is 0. The predicted octanol–water partition coefficient (Wildman–Crippen LogP) is 0.951. The molecule has 2 aliphatic heterocycles. The van der Waals surface area contributed by atoms with Crippen molar-refractivity contribution in [3.05, 3.63) is 0 Å². The minimum Gasteiger partial charge on any atom is -0.469 e. The highest BCUT2D eigenvalue weighted by molar-refractivity contribution is 5.86. The first-order chi connectivity index (χ1) is 12.2. The van der Waals surface area contributed by atoms with Crippen molar-refractivity contribution in [2.45, 2.75) is 39.2 Å². The van der Waals surface area contributed by atoms with Crippen LogP contribution in [0.15, 0.2) is 0 Å². The van der Waals surface area contributed by atoms with Gasteiger partial charge in [0.15, 0.2) is 0 Å². The third-order valence-corrected chi connectivity index (χ3v) is 4.68. The summed E-state index contributed by atoms with van der Waals surface area (Å²) in [6.07, 6.45) is 0.849. The molecule has 2 amide bonds. The zero-order valence-corrected chi connectivity index (χ0v) is 16.3. The number of piperazine rings is 1. The van der Waals surface area contributed by atoms with Gasteiger partial charge in [0.05, 0.1) is 13.0 Å². The molecule has 0 aliphatic carbocycles. The molecule has 2 rings (SSSR count). The number of carbonyl (C=O) groups excluding carboxylic acids is 3. The number of hydrogen-bond acceptors (Lipinski definition) is 6. The topological polar surface area (TPSA) is 79.4 Å². The third kappa shape index (κ3) is 5.86. The van der Waals surface area contributed by atoms with E-state index in [1.807, 2.05) is 20.8 Å². The first kappa shape index (κ1) is 20.5. The number of methoxy groups -OCH3 is 1. The van der Waals surface area contributed by atoms with Crippen LogP contribution in [0.2, 0.25) is 0 Å². The van der Waals surface area contributed by atoms with Gasteiger partial charge in [-0.05, 0) is 33.7 Å². The van der Waals surface area contributed by atoms with Crippen molar-refractivity contribution in [3.63, 3.8) is 0 Å². The van der Waals surface area contributed by atoms with E-state index in [2.05, 4.69) is 4.90 Å². The van der Waals surface area contributed by atoms with E-state index in [1.54, 1.807) is 9.80 Å². The lowest BCUT2D eigenvalue weighted by atomic mass is 10.1. The van der Waals surface area contributed by atoms with Crippen LogP contribution in [0.25, 0.3) is 0 Å². The van der Waals surface area contributed by atoms with Gasteiger partial charge >= 0.3 is 12.1 Å². The van der Waals surface area contributed by atoms with Gasteiger partial charge in [-0.2, -0.15) is 0 Å². The molecular weight excluding hydrogens is 338 g/mol. The molecule has 0 bridgehead atoms. The van der Waals surface area contributed by atoms with Crippen LogP contribution >= 0.6 is 0 Å². The summed E-state index contributed by atoms with van der Waals surface area (Å²) in [7, 11) is 1.35. The Kier molecular flexibility index (Phi) is 6.86. The quantitative estimate of drug-likeness (QED) is 0.672. The van der Waals surface area contributed by atoms with Gasteiger partial charge in [-0.15, -0.1) is 0 Å². The molecule has 0 aromatic rings. The second kappa shape index (κ2) is 8.70. The van der Waals surface area contributed by atoms with Gasteiger partial charge in [0.1, 0.15) is 5.60 Å². The zero-order valence-electron chi connectivity index (χ0n) is 16.3. The first-order valence-corrected chi connectivity index (χ1v) is 9.25. The molecule has 8 heteroatoms. The number of rotatable bonds is 5. The Hall–Kier alpha value is -1.83. The third-order valence-electron chi connectivity index (χ3n) is 4.68. The van der Waals surface area contributed by atoms with Crippen LogP contribution in [0.5, 0.6) is 0 Å². The summed E-state index contributed by atoms with van der Waals surface area (Å²) in [4.78, 5) is 41.4. The molecule has 8 nitrogen and oxygen atoms in total. The largest absolute Gasteiger partial charge is 0.469 e. The lowest BCUT2D eigenvalue weighted by molar-refractivity contribution is -0.145. The smallest absolute Gasteiger partial charge is 0.410 e. The Morgan fingerprint density at radius 1 is 1.12 bits per heavy atom. The van der Waals surface area contributed by atoms with Crippen molar-refractivity contribution < 1.29 is 23.9 Å². The highest BCUT2D eigenvalue weighted by Gasteiger charge is 2.34. The number of amides is 2. The Bertz CT molecular complexity index is 523. The average molecular weight is 369 g/mol. The van der Waals surface area contributed by atoms with E-state index in [1.165, 1.54) is 7.11 Å². The Morgan fingerprint density at radius 2 is 1.77 bits per heavy atom. The molecule has 2 heterocycles. The Labute approximate surface area is 155 Å². The second-order valence-electron chi connectivity index (χ2n) is 7.93. The van der Waals surface area contributed by atoms with Crippen molar-refractivity contribution in [3.8, 4) is 0 Å². The lowest BCUT2D eigenvalue weighted by Crippen LogP contribution is -2.50. The van der Waals surface area contributed by atoms with Crippen LogP contribution in [0, 0.1) is 5.92 Å². The molecule has 2 fully saturated rings. The second-order valence-corrected chi connectivity index (χ2v) is 7.93. The van der Waals surface area contributed by atoms with Gasteiger partial charge < -0.3 is 19.3 Å². The van der Waals surface area contributed by atoms with Crippen molar-refractivity contribution in [2.75, 3.05) is 52.9 Å². The fraction of sp³-hybridized carbons (Fsp3) is 0.833. The minimum absolute atomic E-state index is 0.0233. The maximum absolute atomic E-state index is 12.1. The fourth-order valence-corrected chi connectivity index (χ4v) is 3.28. The lowest BCUT2D eigenvalue weighted by Gasteiger charge is -2.35. The van der Waals surface area contributed by atoms with Crippen LogP contribution in [-0.4, -0.2) is 91.2 Å². The molecule has 148 valence electrons. The van der Waals surface area contributed by atoms with Crippen LogP contribution in [0.3, 0.4) is 0 Å². The maximum Gasteiger partial charge on any atom is 0.410 e. The van der Waals surface area contributed by atoms with Gasteiger partial charge in [0.2, 0.25) is 5.91 Å². The SMILES string of the molecule is COC(=O)C1CC(=O)N(CCCN2CCN(C(=O)OC(C)(C)C)CC2)C1. The molecule has 0 radical (unpaired) electrons. The number of carbonyl (C=O) groups is 3. The molecule has 2 aliphatic rings. The fourth-order valence-electron chi connectivity index (χ4n) is 3.28. The number of likely N-dealkylation sites (tertiary alicyclic amines) is 1. The predicted molar refractivity (Wildman–Crippen MR) is 95.6 cm³/mol. The maximum atomic E-state index is 12.1. The molecule has 1 atom stereocenters. The highest BCUT2D eigenvalue weighted by atomic mass is 16.6. The first-order valence-electron chi connectivity index (χ1n) is 9.25. The van der Waals surface area contributed by atoms with Crippen LogP contribution in [0.1, 0.15) is 33.6 Å². The minimum atomic E-state index is -0.474. The summed E-state index contributed by atoms with van der Waals surface area (Å²) in [6, 6.07) is 0. The van der Waals surface area contributed by atoms with Gasteiger partial charge in [-0.1, -0.05) is 0 Å². The van der Waals surface area contributed by atoms with Crippen molar-refractivity contribution in [2.24, 2.45) is 5.92 Å². The summed E-state index contributed by atoms with van der Waals surface area (Å²) in [6.45, 7) is 10.5. The number of esters is 1. The van der Waals surface area contributed by atoms with E-state index in [0.29, 0.717) is 26.2 Å². The van der Waals surface area contributed by atoms with E-state index >= 15 is 0 Å². The van der Waals surface area contributed by atoms with Crippen molar-refractivity contribution >= 4 is 18.0 Å². The molecule has 0 aromatic carbocycles. The summed E-state index contributed by atoms with van der Waals surface area (Å²) >= 11 is 0. The van der Waals surface area contributed by atoms with Crippen molar-refractivity contribution in [1.82, 2.24) is 14.7 Å². The molecule has 1 unspecified atom stereocenters. The van der Waals surface area contributed by atoms with E-state index in [0.717, 1.165) is 26.1 Å². The van der Waals surface area contributed by atoms with E-state index in [4.69, 9.17) is 9.47 Å². The summed E-state index contributed by atoms with van der Waals surface area (Å²) in [5.41, 5.74) is -0.474. The highest BCUT2D eigenvalue weighted by Crippen LogP contribution is 2.19. The summed E-state index contributed by atoms with van der Waals surface area (Å²) < 4.78 is 10.1. The van der Waals surface area contributed by atoms with Gasteiger partial charge in [0.25, 0.3) is 0 Å². The van der Waals surface area contributed by atoms with E-state index < -0.39 is 5.60 Å². The number of hydrogen-bond donors (Lipinski definition) is 0. The Morgan fingerprint density at radius 3 is 2.35 bits per heavy atom. The molecule has 26 heavy (non-hydrogen) atoms.